The van der Waals surface area contributed by atoms with Crippen molar-refractivity contribution in [2.45, 2.75) is 13.5 Å². The van der Waals surface area contributed by atoms with E-state index < -0.39 is 0 Å². The number of nitrogens with one attached hydrogen (secondary N) is 1. The van der Waals surface area contributed by atoms with Gasteiger partial charge in [0, 0.05) is 23.3 Å². The molecule has 5 nitrogen and oxygen atoms in total. The van der Waals surface area contributed by atoms with E-state index in [0.717, 1.165) is 11.3 Å². The zero-order valence-electron chi connectivity index (χ0n) is 12.4. The Morgan fingerprint density at radius 2 is 2.14 bits per heavy atom. The summed E-state index contributed by atoms with van der Waals surface area (Å²) in [5, 5.41) is 3.80. The van der Waals surface area contributed by atoms with E-state index in [2.05, 4.69) is 10.3 Å². The van der Waals surface area contributed by atoms with Gasteiger partial charge in [0.05, 0.1) is 19.3 Å². The van der Waals surface area contributed by atoms with E-state index in [-0.39, 0.29) is 5.97 Å². The van der Waals surface area contributed by atoms with Crippen LogP contribution in [0.15, 0.2) is 36.5 Å². The lowest BCUT2D eigenvalue weighted by molar-refractivity contribution is 0.0526. The van der Waals surface area contributed by atoms with Crippen molar-refractivity contribution in [1.82, 2.24) is 4.98 Å². The summed E-state index contributed by atoms with van der Waals surface area (Å²) in [5.41, 5.74) is 1.35. The summed E-state index contributed by atoms with van der Waals surface area (Å²) in [6.45, 7) is 2.61. The molecule has 0 saturated heterocycles. The van der Waals surface area contributed by atoms with Crippen LogP contribution in [0.25, 0.3) is 0 Å². The van der Waals surface area contributed by atoms with Gasteiger partial charge in [0.1, 0.15) is 11.6 Å². The van der Waals surface area contributed by atoms with Crippen molar-refractivity contribution in [2.24, 2.45) is 0 Å². The minimum Gasteiger partial charge on any atom is -0.496 e. The van der Waals surface area contributed by atoms with Gasteiger partial charge in [-0.3, -0.25) is 0 Å². The molecule has 22 heavy (non-hydrogen) atoms. The van der Waals surface area contributed by atoms with E-state index in [1.165, 1.54) is 6.20 Å². The highest BCUT2D eigenvalue weighted by Crippen LogP contribution is 2.23. The summed E-state index contributed by atoms with van der Waals surface area (Å²) in [6.07, 6.45) is 1.48. The molecular weight excluding hydrogens is 304 g/mol. The summed E-state index contributed by atoms with van der Waals surface area (Å²) >= 11 is 5.99. The molecular formula is C16H17ClN2O3. The highest BCUT2D eigenvalue weighted by atomic mass is 35.5. The number of halogens is 1. The van der Waals surface area contributed by atoms with Gasteiger partial charge < -0.3 is 14.8 Å². The molecule has 0 unspecified atom stereocenters. The Morgan fingerprint density at radius 3 is 2.77 bits per heavy atom. The second-order valence-electron chi connectivity index (χ2n) is 4.46. The molecule has 2 rings (SSSR count). The Balaban J connectivity index is 2.03. The van der Waals surface area contributed by atoms with Gasteiger partial charge in [0.2, 0.25) is 0 Å². The molecule has 0 aliphatic carbocycles. The smallest absolute Gasteiger partial charge is 0.339 e. The van der Waals surface area contributed by atoms with Crippen LogP contribution in [0.2, 0.25) is 5.02 Å². The van der Waals surface area contributed by atoms with Gasteiger partial charge in [-0.2, -0.15) is 0 Å². The zero-order valence-corrected chi connectivity index (χ0v) is 13.2. The predicted octanol–water partition coefficient (Wildman–Crippen LogP) is 3.53. The standard InChI is InChI=1S/C16H17ClN2O3/c1-3-22-16(20)11-4-7-15(18-9-11)19-10-12-8-13(17)5-6-14(12)21-2/h4-9H,3,10H2,1-2H3,(H,18,19). The van der Waals surface area contributed by atoms with Gasteiger partial charge in [-0.15, -0.1) is 0 Å². The van der Waals surface area contributed by atoms with Crippen molar-refractivity contribution in [3.63, 3.8) is 0 Å². The van der Waals surface area contributed by atoms with Crippen LogP contribution in [-0.4, -0.2) is 24.7 Å². The van der Waals surface area contributed by atoms with Gasteiger partial charge in [0.25, 0.3) is 0 Å². The van der Waals surface area contributed by atoms with Crippen LogP contribution in [0, 0.1) is 0 Å². The lowest BCUT2D eigenvalue weighted by Crippen LogP contribution is -2.07. The fourth-order valence-electron chi connectivity index (χ4n) is 1.90. The van der Waals surface area contributed by atoms with Crippen LogP contribution in [-0.2, 0) is 11.3 Å². The summed E-state index contributed by atoms with van der Waals surface area (Å²) < 4.78 is 10.2. The second kappa shape index (κ2) is 7.66. The molecule has 0 spiro atoms. The number of hydrogen-bond donors (Lipinski definition) is 1. The largest absolute Gasteiger partial charge is 0.496 e. The second-order valence-corrected chi connectivity index (χ2v) is 4.90. The first-order valence-electron chi connectivity index (χ1n) is 6.83. The Morgan fingerprint density at radius 1 is 1.32 bits per heavy atom. The average Bonchev–Trinajstić information content (AvgIpc) is 2.54. The highest BCUT2D eigenvalue weighted by molar-refractivity contribution is 6.30. The van der Waals surface area contributed by atoms with E-state index in [4.69, 9.17) is 21.1 Å². The van der Waals surface area contributed by atoms with Gasteiger partial charge in [-0.25, -0.2) is 9.78 Å². The lowest BCUT2D eigenvalue weighted by Gasteiger charge is -2.11. The monoisotopic (exact) mass is 320 g/mol. The predicted molar refractivity (Wildman–Crippen MR) is 85.5 cm³/mol. The quantitative estimate of drug-likeness (QED) is 0.825. The number of anilines is 1. The molecule has 116 valence electrons. The first-order valence-corrected chi connectivity index (χ1v) is 7.21. The molecule has 1 N–H and O–H groups in total. The van der Waals surface area contributed by atoms with Crippen LogP contribution in [0.4, 0.5) is 5.82 Å². The Kier molecular flexibility index (Phi) is 5.61. The minimum atomic E-state index is -0.377. The molecule has 6 heteroatoms. The van der Waals surface area contributed by atoms with Crippen molar-refractivity contribution in [2.75, 3.05) is 19.0 Å². The van der Waals surface area contributed by atoms with Gasteiger partial charge in [0.15, 0.2) is 0 Å². The molecule has 1 heterocycles. The van der Waals surface area contributed by atoms with Crippen molar-refractivity contribution in [1.29, 1.82) is 0 Å². The molecule has 0 fully saturated rings. The molecule has 0 amide bonds. The molecule has 1 aromatic carbocycles. The molecule has 0 bridgehead atoms. The van der Waals surface area contributed by atoms with Crippen molar-refractivity contribution >= 4 is 23.4 Å². The van der Waals surface area contributed by atoms with Gasteiger partial charge in [-0.05, 0) is 37.3 Å². The number of methoxy groups -OCH3 is 1. The number of carbonyl (C=O) groups excluding carboxylic acids is 1. The maximum absolute atomic E-state index is 11.5. The molecule has 0 saturated carbocycles. The Hall–Kier alpha value is -2.27. The molecule has 1 aromatic heterocycles. The fourth-order valence-corrected chi connectivity index (χ4v) is 2.10. The van der Waals surface area contributed by atoms with E-state index in [1.807, 2.05) is 12.1 Å². The first-order chi connectivity index (χ1) is 10.6. The van der Waals surface area contributed by atoms with E-state index >= 15 is 0 Å². The van der Waals surface area contributed by atoms with Crippen LogP contribution in [0.5, 0.6) is 5.75 Å². The zero-order chi connectivity index (χ0) is 15.9. The van der Waals surface area contributed by atoms with E-state index in [1.54, 1.807) is 32.2 Å². The summed E-state index contributed by atoms with van der Waals surface area (Å²) in [5.74, 6) is 1.02. The van der Waals surface area contributed by atoms with Crippen molar-refractivity contribution in [3.05, 3.63) is 52.7 Å². The fraction of sp³-hybridized carbons (Fsp3) is 0.250. The number of ether oxygens (including phenoxy) is 2. The van der Waals surface area contributed by atoms with Crippen molar-refractivity contribution < 1.29 is 14.3 Å². The number of nitrogens with zero attached hydrogens (tertiary/aromatic N) is 1. The maximum atomic E-state index is 11.5. The topological polar surface area (TPSA) is 60.5 Å². The number of aromatic nitrogens is 1. The normalized spacial score (nSPS) is 10.1. The summed E-state index contributed by atoms with van der Waals surface area (Å²) in [6, 6.07) is 8.82. The van der Waals surface area contributed by atoms with Crippen LogP contribution >= 0.6 is 11.6 Å². The van der Waals surface area contributed by atoms with Crippen LogP contribution in [0.1, 0.15) is 22.8 Å². The minimum absolute atomic E-state index is 0.341. The lowest BCUT2D eigenvalue weighted by atomic mass is 10.2. The molecule has 2 aromatic rings. The highest BCUT2D eigenvalue weighted by Gasteiger charge is 2.07. The Labute approximate surface area is 134 Å². The third-order valence-corrected chi connectivity index (χ3v) is 3.21. The summed E-state index contributed by atoms with van der Waals surface area (Å²) in [7, 11) is 1.61. The number of pyridine rings is 1. The molecule has 0 atom stereocenters. The third-order valence-electron chi connectivity index (χ3n) is 2.98. The molecule has 0 radical (unpaired) electrons. The average molecular weight is 321 g/mol. The van der Waals surface area contributed by atoms with Crippen molar-refractivity contribution in [3.8, 4) is 5.75 Å². The number of benzene rings is 1. The maximum Gasteiger partial charge on any atom is 0.339 e. The van der Waals surface area contributed by atoms with Crippen LogP contribution < -0.4 is 10.1 Å². The summed E-state index contributed by atoms with van der Waals surface area (Å²) in [4.78, 5) is 15.7. The molecule has 0 aliphatic heterocycles. The van der Waals surface area contributed by atoms with E-state index in [0.29, 0.717) is 29.6 Å². The van der Waals surface area contributed by atoms with Gasteiger partial charge >= 0.3 is 5.97 Å². The number of carbonyl (C=O) groups is 1. The number of hydrogen-bond acceptors (Lipinski definition) is 5. The Bertz CT molecular complexity index is 644. The number of esters is 1. The SMILES string of the molecule is CCOC(=O)c1ccc(NCc2cc(Cl)ccc2OC)nc1. The van der Waals surface area contributed by atoms with E-state index in [9.17, 15) is 4.79 Å². The first kappa shape index (κ1) is 16.1. The molecule has 0 aliphatic rings. The van der Waals surface area contributed by atoms with Gasteiger partial charge in [-0.1, -0.05) is 11.6 Å². The number of rotatable bonds is 6. The van der Waals surface area contributed by atoms with Crippen LogP contribution in [0.3, 0.4) is 0 Å². The third kappa shape index (κ3) is 4.11.